The van der Waals surface area contributed by atoms with Crippen molar-refractivity contribution >= 4 is 22.7 Å². The van der Waals surface area contributed by atoms with Crippen LogP contribution in [-0.4, -0.2) is 48.2 Å². The lowest BCUT2D eigenvalue weighted by atomic mass is 10.0. The summed E-state index contributed by atoms with van der Waals surface area (Å²) in [6, 6.07) is 21.1. The first-order valence-electron chi connectivity index (χ1n) is 11.7. The van der Waals surface area contributed by atoms with Crippen molar-refractivity contribution in [3.05, 3.63) is 83.9 Å². The van der Waals surface area contributed by atoms with Gasteiger partial charge in [0.25, 0.3) is 11.8 Å². The van der Waals surface area contributed by atoms with Crippen molar-refractivity contribution in [2.75, 3.05) is 26.3 Å². The number of rotatable bonds is 7. The lowest BCUT2D eigenvalue weighted by Gasteiger charge is -2.19. The number of nitrogens with one attached hydrogen (secondary N) is 2. The van der Waals surface area contributed by atoms with Crippen LogP contribution in [0.4, 0.5) is 0 Å². The van der Waals surface area contributed by atoms with Crippen LogP contribution in [-0.2, 0) is 0 Å². The molecule has 0 saturated heterocycles. The molecule has 3 N–H and O–H groups in total. The van der Waals surface area contributed by atoms with E-state index in [0.717, 1.165) is 10.9 Å². The monoisotopic (exact) mass is 483 g/mol. The highest BCUT2D eigenvalue weighted by atomic mass is 16.6. The highest BCUT2D eigenvalue weighted by Crippen LogP contribution is 2.35. The molecular weight excluding hydrogens is 458 g/mol. The summed E-state index contributed by atoms with van der Waals surface area (Å²) < 4.78 is 11.3. The average molecular weight is 484 g/mol. The van der Waals surface area contributed by atoms with Crippen LogP contribution in [0, 0.1) is 0 Å². The molecule has 1 aliphatic heterocycles. The van der Waals surface area contributed by atoms with Crippen LogP contribution in [0.1, 0.15) is 27.1 Å². The molecule has 0 radical (unpaired) electrons. The number of carbonyl (C=O) groups excluding carboxylic acids is 2. The zero-order valence-corrected chi connectivity index (χ0v) is 19.5. The van der Waals surface area contributed by atoms with E-state index in [4.69, 9.17) is 14.5 Å². The Labute approximate surface area is 207 Å². The molecule has 182 valence electrons. The van der Waals surface area contributed by atoms with Gasteiger partial charge in [0, 0.05) is 29.6 Å². The van der Waals surface area contributed by atoms with Crippen LogP contribution in [0.5, 0.6) is 17.2 Å². The number of hydrogen-bond acceptors (Lipinski definition) is 6. The maximum atomic E-state index is 13.1. The fourth-order valence-corrected chi connectivity index (χ4v) is 4.05. The van der Waals surface area contributed by atoms with E-state index >= 15 is 0 Å². The number of phenolic OH excluding ortho intramolecular Hbond substituents is 1. The Morgan fingerprint density at radius 2 is 1.61 bits per heavy atom. The van der Waals surface area contributed by atoms with Gasteiger partial charge in [-0.15, -0.1) is 0 Å². The molecule has 8 nitrogen and oxygen atoms in total. The zero-order chi connectivity index (χ0) is 24.9. The third-order valence-electron chi connectivity index (χ3n) is 5.83. The Balaban J connectivity index is 1.27. The summed E-state index contributed by atoms with van der Waals surface area (Å²) in [6.07, 6.45) is 0.550. The van der Waals surface area contributed by atoms with E-state index in [2.05, 4.69) is 10.6 Å². The molecule has 8 heteroatoms. The predicted octanol–water partition coefficient (Wildman–Crippen LogP) is 3.93. The molecule has 3 aromatic carbocycles. The molecule has 0 spiro atoms. The van der Waals surface area contributed by atoms with Gasteiger partial charge in [0.05, 0.1) is 16.8 Å². The molecular formula is C28H25N3O5. The summed E-state index contributed by atoms with van der Waals surface area (Å²) >= 11 is 0. The van der Waals surface area contributed by atoms with Crippen molar-refractivity contribution in [1.82, 2.24) is 15.6 Å². The van der Waals surface area contributed by atoms with Gasteiger partial charge in [-0.3, -0.25) is 9.59 Å². The van der Waals surface area contributed by atoms with E-state index < -0.39 is 0 Å². The summed E-state index contributed by atoms with van der Waals surface area (Å²) in [7, 11) is 0. The van der Waals surface area contributed by atoms with Gasteiger partial charge in [-0.1, -0.05) is 24.3 Å². The first-order chi connectivity index (χ1) is 17.6. The van der Waals surface area contributed by atoms with Gasteiger partial charge in [-0.2, -0.15) is 0 Å². The van der Waals surface area contributed by atoms with Crippen LogP contribution in [0.25, 0.3) is 22.2 Å². The SMILES string of the molecule is O=C(NCCCNC(=O)c1cc(-c2ccc3c(c2)OCCO3)nc2ccccc12)c1cccc(O)c1. The smallest absolute Gasteiger partial charge is 0.252 e. The first-order valence-corrected chi connectivity index (χ1v) is 11.7. The molecule has 0 unspecified atom stereocenters. The molecule has 1 aromatic heterocycles. The largest absolute Gasteiger partial charge is 0.508 e. The van der Waals surface area contributed by atoms with E-state index in [1.807, 2.05) is 42.5 Å². The maximum Gasteiger partial charge on any atom is 0.252 e. The summed E-state index contributed by atoms with van der Waals surface area (Å²) in [5, 5.41) is 16.0. The van der Waals surface area contributed by atoms with Crippen LogP contribution in [0.15, 0.2) is 72.8 Å². The van der Waals surface area contributed by atoms with E-state index in [9.17, 15) is 14.7 Å². The summed E-state index contributed by atoms with van der Waals surface area (Å²) in [6.45, 7) is 1.78. The summed E-state index contributed by atoms with van der Waals surface area (Å²) in [5.41, 5.74) is 3.11. The van der Waals surface area contributed by atoms with Gasteiger partial charge in [0.1, 0.15) is 19.0 Å². The lowest BCUT2D eigenvalue weighted by molar-refractivity contribution is 0.0952. The molecule has 4 aromatic rings. The number of nitrogens with zero attached hydrogens (tertiary/aromatic N) is 1. The van der Waals surface area contributed by atoms with Gasteiger partial charge in [0.15, 0.2) is 11.5 Å². The van der Waals surface area contributed by atoms with Gasteiger partial charge in [-0.25, -0.2) is 4.98 Å². The van der Waals surface area contributed by atoms with E-state index in [1.54, 1.807) is 18.2 Å². The number of ether oxygens (including phenoxy) is 2. The number of aromatic nitrogens is 1. The first kappa shape index (κ1) is 23.2. The highest BCUT2D eigenvalue weighted by molar-refractivity contribution is 6.07. The number of hydrogen-bond donors (Lipinski definition) is 3. The number of para-hydroxylation sites is 1. The second-order valence-corrected chi connectivity index (χ2v) is 8.35. The molecule has 0 fully saturated rings. The fraction of sp³-hybridized carbons (Fsp3) is 0.179. The number of benzene rings is 3. The van der Waals surface area contributed by atoms with Gasteiger partial charge >= 0.3 is 0 Å². The summed E-state index contributed by atoms with van der Waals surface area (Å²) in [4.78, 5) is 30.1. The predicted molar refractivity (Wildman–Crippen MR) is 136 cm³/mol. The third-order valence-corrected chi connectivity index (χ3v) is 5.83. The van der Waals surface area contributed by atoms with Crippen molar-refractivity contribution in [2.45, 2.75) is 6.42 Å². The molecule has 0 aliphatic carbocycles. The Hall–Kier alpha value is -4.59. The Bertz CT molecular complexity index is 1440. The minimum Gasteiger partial charge on any atom is -0.508 e. The van der Waals surface area contributed by atoms with E-state index in [0.29, 0.717) is 66.6 Å². The molecule has 0 atom stereocenters. The maximum absolute atomic E-state index is 13.1. The fourth-order valence-electron chi connectivity index (χ4n) is 4.05. The number of phenols is 1. The zero-order valence-electron chi connectivity index (χ0n) is 19.5. The normalized spacial score (nSPS) is 12.2. The molecule has 0 bridgehead atoms. The number of amides is 2. The lowest BCUT2D eigenvalue weighted by Crippen LogP contribution is -2.30. The number of aromatic hydroxyl groups is 1. The molecule has 2 amide bonds. The van der Waals surface area contributed by atoms with Crippen molar-refractivity contribution < 1.29 is 24.2 Å². The van der Waals surface area contributed by atoms with Crippen molar-refractivity contribution in [1.29, 1.82) is 0 Å². The topological polar surface area (TPSA) is 110 Å². The minimum atomic E-state index is -0.276. The van der Waals surface area contributed by atoms with Crippen LogP contribution >= 0.6 is 0 Å². The van der Waals surface area contributed by atoms with E-state index in [-0.39, 0.29) is 17.6 Å². The molecule has 2 heterocycles. The van der Waals surface area contributed by atoms with Crippen LogP contribution < -0.4 is 20.1 Å². The van der Waals surface area contributed by atoms with Crippen molar-refractivity contribution in [3.8, 4) is 28.5 Å². The number of carbonyl (C=O) groups is 2. The van der Waals surface area contributed by atoms with Crippen LogP contribution in [0.2, 0.25) is 0 Å². The molecule has 36 heavy (non-hydrogen) atoms. The minimum absolute atomic E-state index is 0.0371. The third kappa shape index (κ3) is 5.07. The number of fused-ring (bicyclic) bond motifs is 2. The van der Waals surface area contributed by atoms with E-state index in [1.165, 1.54) is 12.1 Å². The second kappa shape index (κ2) is 10.4. The number of pyridine rings is 1. The van der Waals surface area contributed by atoms with Crippen molar-refractivity contribution in [3.63, 3.8) is 0 Å². The van der Waals surface area contributed by atoms with Crippen LogP contribution in [0.3, 0.4) is 0 Å². The average Bonchev–Trinajstić information content (AvgIpc) is 2.91. The van der Waals surface area contributed by atoms with Gasteiger partial charge < -0.3 is 25.2 Å². The standard InChI is InChI=1S/C28H25N3O5/c32-20-6-3-5-19(15-20)27(33)29-11-4-12-30-28(34)22-17-24(31-23-8-2-1-7-21(22)23)18-9-10-25-26(16-18)36-14-13-35-25/h1-3,5-10,15-17,32H,4,11-14H2,(H,29,33)(H,30,34). The highest BCUT2D eigenvalue weighted by Gasteiger charge is 2.17. The Morgan fingerprint density at radius 3 is 2.44 bits per heavy atom. The quantitative estimate of drug-likeness (QED) is 0.344. The van der Waals surface area contributed by atoms with Gasteiger partial charge in [-0.05, 0) is 55.0 Å². The van der Waals surface area contributed by atoms with Crippen molar-refractivity contribution in [2.24, 2.45) is 0 Å². The molecule has 1 aliphatic rings. The Morgan fingerprint density at radius 1 is 0.833 bits per heavy atom. The summed E-state index contributed by atoms with van der Waals surface area (Å²) in [5.74, 6) is 0.899. The Kier molecular flexibility index (Phi) is 6.66. The molecule has 5 rings (SSSR count). The molecule has 0 saturated carbocycles. The second-order valence-electron chi connectivity index (χ2n) is 8.35. The van der Waals surface area contributed by atoms with Gasteiger partial charge in [0.2, 0.25) is 0 Å².